The monoisotopic (exact) mass is 281 g/mol. The van der Waals surface area contributed by atoms with Gasteiger partial charge in [-0.05, 0) is 55.7 Å². The first kappa shape index (κ1) is 14.6. The first-order valence-electron chi connectivity index (χ1n) is 6.46. The van der Waals surface area contributed by atoms with Crippen molar-refractivity contribution in [2.45, 2.75) is 20.8 Å². The number of nitriles is 1. The van der Waals surface area contributed by atoms with Crippen LogP contribution < -0.4 is 4.74 Å². The fourth-order valence-corrected chi connectivity index (χ4v) is 2.03. The van der Waals surface area contributed by atoms with Gasteiger partial charge in [-0.1, -0.05) is 12.1 Å². The molecule has 2 rings (SSSR count). The molecular weight excluding hydrogens is 266 g/mol. The topological polar surface area (TPSA) is 70.3 Å². The molecule has 0 atom stereocenters. The minimum absolute atomic E-state index is 0.0663. The molecule has 106 valence electrons. The van der Waals surface area contributed by atoms with Gasteiger partial charge in [-0.3, -0.25) is 0 Å². The van der Waals surface area contributed by atoms with Crippen molar-refractivity contribution in [2.75, 3.05) is 0 Å². The van der Waals surface area contributed by atoms with E-state index in [2.05, 4.69) is 0 Å². The zero-order chi connectivity index (χ0) is 15.6. The van der Waals surface area contributed by atoms with Gasteiger partial charge in [0.2, 0.25) is 0 Å². The molecule has 2 aromatic carbocycles. The molecule has 0 saturated carbocycles. The summed E-state index contributed by atoms with van der Waals surface area (Å²) in [6, 6.07) is 10.2. The van der Waals surface area contributed by atoms with Crippen LogP contribution in [0.3, 0.4) is 0 Å². The highest BCUT2D eigenvalue weighted by Gasteiger charge is 2.13. The SMILES string of the molecule is Cc1ccc(C)c(Oc2ccc(C(=O)O)cc2C#N)c1C. The third-order valence-electron chi connectivity index (χ3n) is 3.43. The van der Waals surface area contributed by atoms with Crippen molar-refractivity contribution < 1.29 is 14.6 Å². The van der Waals surface area contributed by atoms with Crippen molar-refractivity contribution in [3.05, 3.63) is 58.1 Å². The van der Waals surface area contributed by atoms with Crippen LogP contribution in [0, 0.1) is 32.1 Å². The molecule has 0 heterocycles. The number of aryl methyl sites for hydroxylation is 2. The number of nitrogens with zero attached hydrogens (tertiary/aromatic N) is 1. The molecule has 0 radical (unpaired) electrons. The minimum atomic E-state index is -1.07. The van der Waals surface area contributed by atoms with Gasteiger partial charge in [-0.2, -0.15) is 5.26 Å². The third-order valence-corrected chi connectivity index (χ3v) is 3.43. The van der Waals surface area contributed by atoms with Gasteiger partial charge in [0.1, 0.15) is 17.6 Å². The molecule has 21 heavy (non-hydrogen) atoms. The lowest BCUT2D eigenvalue weighted by atomic mass is 10.0. The second-order valence-corrected chi connectivity index (χ2v) is 4.88. The lowest BCUT2D eigenvalue weighted by Gasteiger charge is -2.14. The van der Waals surface area contributed by atoms with Gasteiger partial charge in [0, 0.05) is 0 Å². The molecule has 0 aromatic heterocycles. The molecule has 4 nitrogen and oxygen atoms in total. The van der Waals surface area contributed by atoms with Crippen molar-refractivity contribution in [1.29, 1.82) is 5.26 Å². The van der Waals surface area contributed by atoms with E-state index >= 15 is 0 Å². The maximum atomic E-state index is 10.9. The molecule has 0 amide bonds. The van der Waals surface area contributed by atoms with Crippen molar-refractivity contribution in [3.63, 3.8) is 0 Å². The fourth-order valence-electron chi connectivity index (χ4n) is 2.03. The quantitative estimate of drug-likeness (QED) is 0.924. The van der Waals surface area contributed by atoms with E-state index in [-0.39, 0.29) is 11.1 Å². The standard InChI is InChI=1S/C17H15NO3/c1-10-4-5-11(2)16(12(10)3)21-15-7-6-13(17(19)20)8-14(15)9-18/h4-8H,1-3H3,(H,19,20). The summed E-state index contributed by atoms with van der Waals surface area (Å²) < 4.78 is 5.86. The summed E-state index contributed by atoms with van der Waals surface area (Å²) >= 11 is 0. The molecule has 0 aliphatic heterocycles. The van der Waals surface area contributed by atoms with Gasteiger partial charge in [-0.15, -0.1) is 0 Å². The van der Waals surface area contributed by atoms with Gasteiger partial charge in [0.15, 0.2) is 0 Å². The molecule has 0 fully saturated rings. The smallest absolute Gasteiger partial charge is 0.335 e. The number of rotatable bonds is 3. The van der Waals surface area contributed by atoms with E-state index < -0.39 is 5.97 Å². The average molecular weight is 281 g/mol. The number of carboxylic acid groups (broad SMARTS) is 1. The van der Waals surface area contributed by atoms with Crippen LogP contribution in [0.4, 0.5) is 0 Å². The molecule has 1 N–H and O–H groups in total. The summed E-state index contributed by atoms with van der Waals surface area (Å²) in [6.45, 7) is 5.87. The van der Waals surface area contributed by atoms with Crippen LogP contribution in [0.25, 0.3) is 0 Å². The maximum absolute atomic E-state index is 10.9. The van der Waals surface area contributed by atoms with E-state index in [1.807, 2.05) is 39.0 Å². The Morgan fingerprint density at radius 1 is 1.14 bits per heavy atom. The third kappa shape index (κ3) is 2.87. The van der Waals surface area contributed by atoms with E-state index in [4.69, 9.17) is 9.84 Å². The van der Waals surface area contributed by atoms with Crippen LogP contribution in [0.15, 0.2) is 30.3 Å². The van der Waals surface area contributed by atoms with E-state index in [0.29, 0.717) is 11.5 Å². The summed E-state index contributed by atoms with van der Waals surface area (Å²) in [4.78, 5) is 10.9. The number of hydrogen-bond acceptors (Lipinski definition) is 3. The van der Waals surface area contributed by atoms with E-state index in [9.17, 15) is 10.1 Å². The van der Waals surface area contributed by atoms with Gasteiger partial charge < -0.3 is 9.84 Å². The van der Waals surface area contributed by atoms with E-state index in [1.165, 1.54) is 18.2 Å². The molecule has 0 aliphatic carbocycles. The number of carboxylic acids is 1. The van der Waals surface area contributed by atoms with E-state index in [1.54, 1.807) is 0 Å². The molecule has 0 unspecified atom stereocenters. The van der Waals surface area contributed by atoms with Crippen LogP contribution in [0.5, 0.6) is 11.5 Å². The average Bonchev–Trinajstić information content (AvgIpc) is 2.47. The number of ether oxygens (including phenoxy) is 1. The largest absolute Gasteiger partial charge is 0.478 e. The van der Waals surface area contributed by atoms with Crippen molar-refractivity contribution in [2.24, 2.45) is 0 Å². The Labute approximate surface area is 123 Å². The summed E-state index contributed by atoms with van der Waals surface area (Å²) in [6.07, 6.45) is 0. The van der Waals surface area contributed by atoms with Gasteiger partial charge in [0.25, 0.3) is 0 Å². The number of aromatic carboxylic acids is 1. The van der Waals surface area contributed by atoms with Crippen LogP contribution in [-0.2, 0) is 0 Å². The number of hydrogen-bond donors (Lipinski definition) is 1. The lowest BCUT2D eigenvalue weighted by molar-refractivity contribution is 0.0697. The Bertz CT molecular complexity index is 757. The molecule has 0 aliphatic rings. The normalized spacial score (nSPS) is 10.0. The minimum Gasteiger partial charge on any atom is -0.478 e. The summed E-state index contributed by atoms with van der Waals surface area (Å²) in [5, 5.41) is 18.1. The van der Waals surface area contributed by atoms with Crippen LogP contribution in [0.2, 0.25) is 0 Å². The van der Waals surface area contributed by atoms with Crippen molar-refractivity contribution in [1.82, 2.24) is 0 Å². The Morgan fingerprint density at radius 2 is 1.81 bits per heavy atom. The Hall–Kier alpha value is -2.80. The highest BCUT2D eigenvalue weighted by molar-refractivity contribution is 5.88. The Balaban J connectivity index is 2.48. The molecular formula is C17H15NO3. The molecule has 0 saturated heterocycles. The van der Waals surface area contributed by atoms with Crippen LogP contribution in [-0.4, -0.2) is 11.1 Å². The first-order chi connectivity index (χ1) is 9.93. The van der Waals surface area contributed by atoms with Crippen molar-refractivity contribution >= 4 is 5.97 Å². The van der Waals surface area contributed by atoms with Crippen LogP contribution in [0.1, 0.15) is 32.6 Å². The highest BCUT2D eigenvalue weighted by atomic mass is 16.5. The summed E-state index contributed by atoms with van der Waals surface area (Å²) in [5.41, 5.74) is 3.33. The molecule has 0 spiro atoms. The predicted octanol–water partition coefficient (Wildman–Crippen LogP) is 3.97. The fraction of sp³-hybridized carbons (Fsp3) is 0.176. The van der Waals surface area contributed by atoms with Crippen molar-refractivity contribution in [3.8, 4) is 17.6 Å². The Morgan fingerprint density at radius 3 is 2.43 bits per heavy atom. The maximum Gasteiger partial charge on any atom is 0.335 e. The summed E-state index contributed by atoms with van der Waals surface area (Å²) in [5.74, 6) is -0.00478. The van der Waals surface area contributed by atoms with Crippen LogP contribution >= 0.6 is 0 Å². The van der Waals surface area contributed by atoms with Gasteiger partial charge in [0.05, 0.1) is 11.1 Å². The predicted molar refractivity (Wildman–Crippen MR) is 78.8 cm³/mol. The first-order valence-corrected chi connectivity index (χ1v) is 6.46. The molecule has 0 bridgehead atoms. The number of carbonyl (C=O) groups is 1. The second kappa shape index (κ2) is 5.68. The summed E-state index contributed by atoms with van der Waals surface area (Å²) in [7, 11) is 0. The van der Waals surface area contributed by atoms with Gasteiger partial charge >= 0.3 is 5.97 Å². The zero-order valence-corrected chi connectivity index (χ0v) is 12.1. The number of benzene rings is 2. The van der Waals surface area contributed by atoms with E-state index in [0.717, 1.165) is 16.7 Å². The second-order valence-electron chi connectivity index (χ2n) is 4.88. The zero-order valence-electron chi connectivity index (χ0n) is 12.1. The lowest BCUT2D eigenvalue weighted by Crippen LogP contribution is -1.99. The Kier molecular flexibility index (Phi) is 3.95. The molecule has 2 aromatic rings. The highest BCUT2D eigenvalue weighted by Crippen LogP contribution is 2.32. The molecule has 4 heteroatoms. The van der Waals surface area contributed by atoms with Gasteiger partial charge in [-0.25, -0.2) is 4.79 Å².